The first kappa shape index (κ1) is 26.9. The topological polar surface area (TPSA) is 126 Å². The van der Waals surface area contributed by atoms with Crippen LogP contribution in [0.3, 0.4) is 0 Å². The predicted octanol–water partition coefficient (Wildman–Crippen LogP) is 3.14. The number of carbonyl (C=O) groups excluding carboxylic acids is 2. The van der Waals surface area contributed by atoms with Gasteiger partial charge < -0.3 is 14.2 Å². The van der Waals surface area contributed by atoms with E-state index in [1.54, 1.807) is 34.6 Å². The van der Waals surface area contributed by atoms with Crippen LogP contribution in [0.25, 0.3) is 5.69 Å². The zero-order chi connectivity index (χ0) is 27.2. The lowest BCUT2D eigenvalue weighted by molar-refractivity contribution is -0.135. The summed E-state index contributed by atoms with van der Waals surface area (Å²) in [7, 11) is 4.53. The van der Waals surface area contributed by atoms with Gasteiger partial charge in [0, 0.05) is 13.1 Å². The van der Waals surface area contributed by atoms with Crippen LogP contribution in [-0.2, 0) is 28.0 Å². The van der Waals surface area contributed by atoms with E-state index < -0.39 is 11.9 Å². The molecule has 38 heavy (non-hydrogen) atoms. The van der Waals surface area contributed by atoms with Gasteiger partial charge in [0.05, 0.1) is 36.7 Å². The minimum atomic E-state index is -0.634. The maximum absolute atomic E-state index is 12.8. The molecular weight excluding hydrogens is 578 g/mol. The Morgan fingerprint density at radius 3 is 2.61 bits per heavy atom. The van der Waals surface area contributed by atoms with E-state index in [-0.39, 0.29) is 22.2 Å². The maximum Gasteiger partial charge on any atom is 0.331 e. The van der Waals surface area contributed by atoms with E-state index in [9.17, 15) is 14.4 Å². The SMILES string of the molecule is COC(=O)/C=C1/S/C(=N\N=Cc2ccc(OCc3c(Br)c(=O)n(-c4ccccc4)n3C)c(OC)c2)NC1=O. The highest BCUT2D eigenvalue weighted by Gasteiger charge is 2.25. The van der Waals surface area contributed by atoms with Gasteiger partial charge in [0.25, 0.3) is 11.5 Å². The summed E-state index contributed by atoms with van der Waals surface area (Å²) in [5.74, 6) is -0.165. The van der Waals surface area contributed by atoms with E-state index in [0.29, 0.717) is 27.2 Å². The van der Waals surface area contributed by atoms with Gasteiger partial charge in [-0.3, -0.25) is 19.6 Å². The maximum atomic E-state index is 12.8. The van der Waals surface area contributed by atoms with Crippen LogP contribution in [0.4, 0.5) is 0 Å². The van der Waals surface area contributed by atoms with Crippen LogP contribution in [0.15, 0.2) is 79.0 Å². The zero-order valence-electron chi connectivity index (χ0n) is 20.5. The van der Waals surface area contributed by atoms with Crippen LogP contribution >= 0.6 is 27.7 Å². The molecule has 0 aliphatic carbocycles. The Morgan fingerprint density at radius 1 is 1.13 bits per heavy atom. The van der Waals surface area contributed by atoms with Crippen LogP contribution in [0, 0.1) is 0 Å². The number of benzene rings is 2. The van der Waals surface area contributed by atoms with Crippen LogP contribution in [-0.4, -0.2) is 46.8 Å². The number of aromatic nitrogens is 2. The van der Waals surface area contributed by atoms with Crippen molar-refractivity contribution in [3.8, 4) is 17.2 Å². The van der Waals surface area contributed by atoms with Gasteiger partial charge >= 0.3 is 5.97 Å². The molecule has 2 aromatic carbocycles. The molecule has 0 radical (unpaired) electrons. The summed E-state index contributed by atoms with van der Waals surface area (Å²) in [5.41, 5.74) is 1.87. The van der Waals surface area contributed by atoms with Crippen molar-refractivity contribution in [3.63, 3.8) is 0 Å². The first-order chi connectivity index (χ1) is 18.3. The minimum absolute atomic E-state index is 0.113. The summed E-state index contributed by atoms with van der Waals surface area (Å²) in [6, 6.07) is 14.5. The number of rotatable bonds is 8. The lowest BCUT2D eigenvalue weighted by Crippen LogP contribution is -2.19. The third-order valence-corrected chi connectivity index (χ3v) is 7.03. The van der Waals surface area contributed by atoms with E-state index in [0.717, 1.165) is 23.5 Å². The second-order valence-electron chi connectivity index (χ2n) is 7.67. The van der Waals surface area contributed by atoms with E-state index in [4.69, 9.17) is 9.47 Å². The first-order valence-corrected chi connectivity index (χ1v) is 12.7. The lowest BCUT2D eigenvalue weighted by atomic mass is 10.2. The van der Waals surface area contributed by atoms with Crippen molar-refractivity contribution in [1.29, 1.82) is 0 Å². The molecule has 1 fully saturated rings. The smallest absolute Gasteiger partial charge is 0.331 e. The highest BCUT2D eigenvalue weighted by atomic mass is 79.9. The number of halogens is 1. The molecule has 11 nitrogen and oxygen atoms in total. The van der Waals surface area contributed by atoms with Gasteiger partial charge in [-0.1, -0.05) is 18.2 Å². The average molecular weight is 600 g/mol. The molecule has 1 N–H and O–H groups in total. The van der Waals surface area contributed by atoms with Crippen molar-refractivity contribution in [2.45, 2.75) is 6.61 Å². The summed E-state index contributed by atoms with van der Waals surface area (Å²) < 4.78 is 19.7. The number of amidine groups is 1. The summed E-state index contributed by atoms with van der Waals surface area (Å²) in [6.45, 7) is 0.113. The molecule has 0 unspecified atom stereocenters. The molecular formula is C25H22BrN5O6S. The molecule has 0 saturated carbocycles. The van der Waals surface area contributed by atoms with E-state index >= 15 is 0 Å². The van der Waals surface area contributed by atoms with Crippen LogP contribution < -0.4 is 20.3 Å². The van der Waals surface area contributed by atoms with Crippen molar-refractivity contribution in [2.75, 3.05) is 14.2 Å². The molecule has 0 bridgehead atoms. The Labute approximate surface area is 229 Å². The molecule has 1 saturated heterocycles. The zero-order valence-corrected chi connectivity index (χ0v) is 22.9. The predicted molar refractivity (Wildman–Crippen MR) is 147 cm³/mol. The van der Waals surface area contributed by atoms with Gasteiger partial charge in [0.2, 0.25) is 0 Å². The number of esters is 1. The van der Waals surface area contributed by atoms with Crippen LogP contribution in [0.5, 0.6) is 11.5 Å². The molecule has 1 aliphatic rings. The summed E-state index contributed by atoms with van der Waals surface area (Å²) >= 11 is 4.38. The van der Waals surface area contributed by atoms with Gasteiger partial charge in [0.1, 0.15) is 11.1 Å². The Hall–Kier alpha value is -4.10. The summed E-state index contributed by atoms with van der Waals surface area (Å²) in [5, 5.41) is 10.7. The largest absolute Gasteiger partial charge is 0.493 e. The van der Waals surface area contributed by atoms with Crippen molar-refractivity contribution >= 4 is 51.0 Å². The monoisotopic (exact) mass is 599 g/mol. The van der Waals surface area contributed by atoms with Gasteiger partial charge in [-0.25, -0.2) is 9.48 Å². The third-order valence-electron chi connectivity index (χ3n) is 5.33. The Balaban J connectivity index is 1.47. The van der Waals surface area contributed by atoms with Crippen molar-refractivity contribution in [2.24, 2.45) is 17.3 Å². The molecule has 3 aromatic rings. The number of thioether (sulfide) groups is 1. The summed E-state index contributed by atoms with van der Waals surface area (Å²) in [4.78, 5) is 36.2. The first-order valence-electron chi connectivity index (χ1n) is 11.0. The van der Waals surface area contributed by atoms with Crippen LogP contribution in [0.2, 0.25) is 0 Å². The van der Waals surface area contributed by atoms with Crippen molar-refractivity contribution in [1.82, 2.24) is 14.7 Å². The number of para-hydroxylation sites is 1. The fraction of sp³-hybridized carbons (Fsp3) is 0.160. The Morgan fingerprint density at radius 2 is 1.89 bits per heavy atom. The fourth-order valence-corrected chi connectivity index (χ4v) is 4.73. The average Bonchev–Trinajstić information content (AvgIpc) is 3.37. The number of hydrogen-bond acceptors (Lipinski definition) is 9. The number of hydrogen-bond donors (Lipinski definition) is 1. The second kappa shape index (κ2) is 12.0. The Kier molecular flexibility index (Phi) is 8.48. The molecule has 1 amide bonds. The van der Waals surface area contributed by atoms with Crippen LogP contribution in [0.1, 0.15) is 11.3 Å². The highest BCUT2D eigenvalue weighted by Crippen LogP contribution is 2.29. The minimum Gasteiger partial charge on any atom is -0.493 e. The molecule has 196 valence electrons. The van der Waals surface area contributed by atoms with Crippen molar-refractivity contribution in [3.05, 3.63) is 85.6 Å². The molecule has 0 spiro atoms. The number of methoxy groups -OCH3 is 2. The van der Waals surface area contributed by atoms with E-state index in [1.165, 1.54) is 20.4 Å². The number of nitrogens with zero attached hydrogens (tertiary/aromatic N) is 4. The summed E-state index contributed by atoms with van der Waals surface area (Å²) in [6.07, 6.45) is 2.57. The molecule has 4 rings (SSSR count). The van der Waals surface area contributed by atoms with E-state index in [1.807, 2.05) is 30.3 Å². The molecule has 2 heterocycles. The van der Waals surface area contributed by atoms with Gasteiger partial charge in [-0.15, -0.1) is 5.10 Å². The van der Waals surface area contributed by atoms with E-state index in [2.05, 4.69) is 36.2 Å². The molecule has 1 aliphatic heterocycles. The number of ether oxygens (including phenoxy) is 3. The highest BCUT2D eigenvalue weighted by molar-refractivity contribution is 9.10. The number of carbonyl (C=O) groups is 2. The second-order valence-corrected chi connectivity index (χ2v) is 9.50. The molecule has 1 aromatic heterocycles. The fourth-order valence-electron chi connectivity index (χ4n) is 3.45. The number of nitrogens with one attached hydrogen (secondary N) is 1. The van der Waals surface area contributed by atoms with Gasteiger partial charge in [0.15, 0.2) is 16.7 Å². The normalized spacial score (nSPS) is 15.3. The Bertz CT molecular complexity index is 1530. The quantitative estimate of drug-likeness (QED) is 0.182. The van der Waals surface area contributed by atoms with Crippen molar-refractivity contribution < 1.29 is 23.8 Å². The third kappa shape index (κ3) is 5.89. The lowest BCUT2D eigenvalue weighted by Gasteiger charge is -2.13. The number of amides is 1. The standard InChI is InChI=1S/C25H22BrN5O6S/c1-30-17(22(26)24(34)31(30)16-7-5-4-6-8-16)14-37-18-10-9-15(11-19(18)35-2)13-27-29-25-28-23(33)20(38-25)12-21(32)36-3/h4-13H,14H2,1-3H3,(H,28,29,33)/b20-12+,27-13?. The van der Waals surface area contributed by atoms with Gasteiger partial charge in [-0.05, 0) is 63.6 Å². The molecule has 0 atom stereocenters. The van der Waals surface area contributed by atoms with Gasteiger partial charge in [-0.2, -0.15) is 5.10 Å². The molecule has 13 heteroatoms.